The van der Waals surface area contributed by atoms with Gasteiger partial charge in [0.15, 0.2) is 0 Å². The number of benzene rings is 1. The molecule has 5 heteroatoms. The van der Waals surface area contributed by atoms with Gasteiger partial charge in [-0.05, 0) is 42.9 Å². The lowest BCUT2D eigenvalue weighted by Crippen LogP contribution is -2.47. The summed E-state index contributed by atoms with van der Waals surface area (Å²) in [6.45, 7) is 0.836. The molecule has 130 valence electrons. The van der Waals surface area contributed by atoms with Crippen LogP contribution in [-0.4, -0.2) is 49.4 Å². The normalized spacial score (nSPS) is 24.0. The van der Waals surface area contributed by atoms with E-state index in [0.29, 0.717) is 18.8 Å². The van der Waals surface area contributed by atoms with Crippen LogP contribution in [0.4, 0.5) is 0 Å². The predicted octanol–water partition coefficient (Wildman–Crippen LogP) is 2.47. The Bertz CT molecular complexity index is 610. The zero-order chi connectivity index (χ0) is 17.3. The highest BCUT2D eigenvalue weighted by Gasteiger charge is 2.40. The predicted molar refractivity (Wildman–Crippen MR) is 91.6 cm³/mol. The van der Waals surface area contributed by atoms with E-state index in [1.165, 1.54) is 12.8 Å². The molecule has 1 aromatic carbocycles. The van der Waals surface area contributed by atoms with E-state index >= 15 is 0 Å². The minimum Gasteiger partial charge on any atom is -0.497 e. The van der Waals surface area contributed by atoms with Crippen molar-refractivity contribution in [3.63, 3.8) is 0 Å². The lowest BCUT2D eigenvalue weighted by molar-refractivity contribution is -0.146. The Kier molecular flexibility index (Phi) is 4.78. The summed E-state index contributed by atoms with van der Waals surface area (Å²) < 4.78 is 5.21. The number of rotatable bonds is 5. The molecule has 2 amide bonds. The largest absolute Gasteiger partial charge is 0.497 e. The van der Waals surface area contributed by atoms with Crippen molar-refractivity contribution in [2.45, 2.75) is 31.7 Å². The summed E-state index contributed by atoms with van der Waals surface area (Å²) in [5.41, 5.74) is 0.990. The second kappa shape index (κ2) is 6.83. The third kappa shape index (κ3) is 3.40. The van der Waals surface area contributed by atoms with Gasteiger partial charge in [0.1, 0.15) is 5.75 Å². The average molecular weight is 330 g/mol. The first kappa shape index (κ1) is 16.8. The molecule has 1 aromatic rings. The smallest absolute Gasteiger partial charge is 0.227 e. The molecule has 2 fully saturated rings. The average Bonchev–Trinajstić information content (AvgIpc) is 3.40. The molecule has 2 unspecified atom stereocenters. The lowest BCUT2D eigenvalue weighted by Gasteiger charge is -2.40. The third-order valence-corrected chi connectivity index (χ3v) is 5.24. The zero-order valence-corrected chi connectivity index (χ0v) is 14.7. The first-order valence-electron chi connectivity index (χ1n) is 8.66. The Hall–Kier alpha value is -2.04. The Labute approximate surface area is 143 Å². The maximum Gasteiger partial charge on any atom is 0.227 e. The Morgan fingerprint density at radius 2 is 1.92 bits per heavy atom. The van der Waals surface area contributed by atoms with E-state index < -0.39 is 0 Å². The second-order valence-corrected chi connectivity index (χ2v) is 7.03. The molecular formula is C19H26N2O3. The number of likely N-dealkylation sites (tertiary alicyclic amines) is 1. The SMILES string of the molecule is COc1ccc(C2C(C(=O)N(C)CC3CC3)CCC(=O)N2C)cc1. The van der Waals surface area contributed by atoms with E-state index in [1.54, 1.807) is 19.1 Å². The summed E-state index contributed by atoms with van der Waals surface area (Å²) in [6.07, 6.45) is 3.51. The topological polar surface area (TPSA) is 49.9 Å². The molecule has 0 bridgehead atoms. The van der Waals surface area contributed by atoms with Gasteiger partial charge in [-0.1, -0.05) is 12.1 Å². The first-order valence-corrected chi connectivity index (χ1v) is 8.66. The van der Waals surface area contributed by atoms with E-state index in [-0.39, 0.29) is 23.8 Å². The van der Waals surface area contributed by atoms with Crippen molar-refractivity contribution in [2.75, 3.05) is 27.7 Å². The van der Waals surface area contributed by atoms with Crippen LogP contribution in [0.3, 0.4) is 0 Å². The zero-order valence-electron chi connectivity index (χ0n) is 14.7. The quantitative estimate of drug-likeness (QED) is 0.833. The molecule has 3 rings (SSSR count). The summed E-state index contributed by atoms with van der Waals surface area (Å²) >= 11 is 0. The Morgan fingerprint density at radius 1 is 1.25 bits per heavy atom. The molecule has 2 atom stereocenters. The van der Waals surface area contributed by atoms with E-state index in [4.69, 9.17) is 4.74 Å². The summed E-state index contributed by atoms with van der Waals surface area (Å²) in [5, 5.41) is 0. The molecule has 1 aliphatic heterocycles. The fraction of sp³-hybridized carbons (Fsp3) is 0.579. The van der Waals surface area contributed by atoms with Crippen LogP contribution in [0.5, 0.6) is 5.75 Å². The van der Waals surface area contributed by atoms with Crippen LogP contribution in [0.2, 0.25) is 0 Å². The lowest BCUT2D eigenvalue weighted by atomic mass is 9.83. The minimum absolute atomic E-state index is 0.102. The van der Waals surface area contributed by atoms with Crippen molar-refractivity contribution in [1.82, 2.24) is 9.80 Å². The number of carbonyl (C=O) groups is 2. The molecule has 24 heavy (non-hydrogen) atoms. The monoisotopic (exact) mass is 330 g/mol. The minimum atomic E-state index is -0.202. The number of hydrogen-bond donors (Lipinski definition) is 0. The van der Waals surface area contributed by atoms with E-state index in [0.717, 1.165) is 17.9 Å². The molecule has 1 heterocycles. The molecule has 0 radical (unpaired) electrons. The highest BCUT2D eigenvalue weighted by atomic mass is 16.5. The molecule has 1 saturated carbocycles. The van der Waals surface area contributed by atoms with Crippen molar-refractivity contribution >= 4 is 11.8 Å². The second-order valence-electron chi connectivity index (χ2n) is 7.03. The number of piperidine rings is 1. The summed E-state index contributed by atoms with van der Waals surface area (Å²) in [6, 6.07) is 7.49. The van der Waals surface area contributed by atoms with Gasteiger partial charge in [-0.2, -0.15) is 0 Å². The number of carbonyl (C=O) groups excluding carboxylic acids is 2. The van der Waals surface area contributed by atoms with Crippen molar-refractivity contribution < 1.29 is 14.3 Å². The van der Waals surface area contributed by atoms with E-state index in [2.05, 4.69) is 0 Å². The van der Waals surface area contributed by atoms with Gasteiger partial charge in [0.25, 0.3) is 0 Å². The fourth-order valence-electron chi connectivity index (χ4n) is 3.61. The van der Waals surface area contributed by atoms with E-state index in [1.807, 2.05) is 36.2 Å². The van der Waals surface area contributed by atoms with Gasteiger partial charge in [-0.15, -0.1) is 0 Å². The van der Waals surface area contributed by atoms with Gasteiger partial charge < -0.3 is 14.5 Å². The van der Waals surface area contributed by atoms with Gasteiger partial charge in [0.2, 0.25) is 11.8 Å². The highest BCUT2D eigenvalue weighted by Crippen LogP contribution is 2.38. The molecule has 0 N–H and O–H groups in total. The maximum atomic E-state index is 13.0. The van der Waals surface area contributed by atoms with Crippen LogP contribution in [0.25, 0.3) is 0 Å². The van der Waals surface area contributed by atoms with Crippen molar-refractivity contribution in [2.24, 2.45) is 11.8 Å². The molecular weight excluding hydrogens is 304 g/mol. The molecule has 2 aliphatic rings. The standard InChI is InChI=1S/C19H26N2O3/c1-20(12-13-4-5-13)19(23)16-10-11-17(22)21(2)18(16)14-6-8-15(24-3)9-7-14/h6-9,13,16,18H,4-5,10-12H2,1-3H3. The number of hydrogen-bond acceptors (Lipinski definition) is 3. The van der Waals surface area contributed by atoms with Crippen LogP contribution < -0.4 is 4.74 Å². The molecule has 5 nitrogen and oxygen atoms in total. The Morgan fingerprint density at radius 3 is 2.50 bits per heavy atom. The number of ether oxygens (including phenoxy) is 1. The van der Waals surface area contributed by atoms with Gasteiger partial charge in [-0.25, -0.2) is 0 Å². The first-order chi connectivity index (χ1) is 11.5. The van der Waals surface area contributed by atoms with Crippen LogP contribution in [0.15, 0.2) is 24.3 Å². The van der Waals surface area contributed by atoms with Crippen molar-refractivity contribution in [1.29, 1.82) is 0 Å². The summed E-state index contributed by atoms with van der Waals surface area (Å²) in [4.78, 5) is 28.8. The van der Waals surface area contributed by atoms with Crippen molar-refractivity contribution in [3.8, 4) is 5.75 Å². The third-order valence-electron chi connectivity index (χ3n) is 5.24. The van der Waals surface area contributed by atoms with Gasteiger partial charge >= 0.3 is 0 Å². The van der Waals surface area contributed by atoms with Gasteiger partial charge in [0, 0.05) is 27.1 Å². The number of methoxy groups -OCH3 is 1. The van der Waals surface area contributed by atoms with Gasteiger partial charge in [0.05, 0.1) is 19.1 Å². The summed E-state index contributed by atoms with van der Waals surface area (Å²) in [7, 11) is 5.32. The Balaban J connectivity index is 1.83. The molecule has 1 aliphatic carbocycles. The van der Waals surface area contributed by atoms with Crippen LogP contribution in [-0.2, 0) is 9.59 Å². The van der Waals surface area contributed by atoms with Crippen LogP contribution >= 0.6 is 0 Å². The number of nitrogens with zero attached hydrogens (tertiary/aromatic N) is 2. The van der Waals surface area contributed by atoms with Gasteiger partial charge in [-0.3, -0.25) is 9.59 Å². The molecule has 0 spiro atoms. The maximum absolute atomic E-state index is 13.0. The van der Waals surface area contributed by atoms with Crippen LogP contribution in [0.1, 0.15) is 37.3 Å². The summed E-state index contributed by atoms with van der Waals surface area (Å²) in [5.74, 6) is 1.52. The van der Waals surface area contributed by atoms with Crippen molar-refractivity contribution in [3.05, 3.63) is 29.8 Å². The van der Waals surface area contributed by atoms with Crippen LogP contribution in [0, 0.1) is 11.8 Å². The highest BCUT2D eigenvalue weighted by molar-refractivity contribution is 5.84. The molecule has 0 aromatic heterocycles. The fourth-order valence-corrected chi connectivity index (χ4v) is 3.61. The molecule has 1 saturated heterocycles. The van der Waals surface area contributed by atoms with E-state index in [9.17, 15) is 9.59 Å². The number of amides is 2.